The lowest BCUT2D eigenvalue weighted by molar-refractivity contribution is 0.414. The Balaban J connectivity index is 1.84. The monoisotopic (exact) mass is 256 g/mol. The number of ether oxygens (including phenoxy) is 1. The highest BCUT2D eigenvalue weighted by Crippen LogP contribution is 2.12. The number of benzene rings is 1. The van der Waals surface area contributed by atoms with Gasteiger partial charge in [-0.1, -0.05) is 12.1 Å². The smallest absolute Gasteiger partial charge is 0.137 e. The van der Waals surface area contributed by atoms with Crippen LogP contribution >= 0.6 is 0 Å². The highest BCUT2D eigenvalue weighted by Gasteiger charge is 2.10. The summed E-state index contributed by atoms with van der Waals surface area (Å²) in [6.45, 7) is 0.726. The van der Waals surface area contributed by atoms with Crippen molar-refractivity contribution in [3.63, 3.8) is 0 Å². The number of nitrogens with zero attached hydrogens (tertiary/aromatic N) is 2. The van der Waals surface area contributed by atoms with Crippen molar-refractivity contribution < 1.29 is 4.74 Å². The van der Waals surface area contributed by atoms with Gasteiger partial charge in [-0.05, 0) is 24.1 Å². The first-order valence-corrected chi connectivity index (χ1v) is 6.07. The van der Waals surface area contributed by atoms with Crippen LogP contribution in [0.3, 0.4) is 0 Å². The summed E-state index contributed by atoms with van der Waals surface area (Å²) in [7, 11) is 1.65. The molecule has 0 aliphatic heterocycles. The Morgan fingerprint density at radius 2 is 2.21 bits per heavy atom. The molecule has 0 aliphatic rings. The highest BCUT2D eigenvalue weighted by molar-refractivity contribution is 5.27. The summed E-state index contributed by atoms with van der Waals surface area (Å²) in [6, 6.07) is 9.78. The summed E-state index contributed by atoms with van der Waals surface area (Å²) >= 11 is 0. The van der Waals surface area contributed by atoms with Gasteiger partial charge in [0.15, 0.2) is 0 Å². The van der Waals surface area contributed by atoms with Crippen molar-refractivity contribution in [3.05, 3.63) is 48.0 Å². The van der Waals surface area contributed by atoms with Crippen LogP contribution in [-0.2, 0) is 6.42 Å². The molecular formula is C14H16N4O. The lowest BCUT2D eigenvalue weighted by atomic mass is 10.1. The molecule has 2 N–H and O–H groups in total. The standard InChI is InChI=1S/C14H16N4O/c1-19-12-4-2-11(3-5-12)6-7-17-13(8-15)14-9-16-10-18-14/h2-5,9-10,13,17H,6-7H2,1H3,(H,16,18). The minimum Gasteiger partial charge on any atom is -0.497 e. The molecule has 0 bridgehead atoms. The van der Waals surface area contributed by atoms with Crippen molar-refractivity contribution in [1.29, 1.82) is 5.26 Å². The lowest BCUT2D eigenvalue weighted by Crippen LogP contribution is -2.22. The van der Waals surface area contributed by atoms with Crippen LogP contribution < -0.4 is 10.1 Å². The molecule has 0 amide bonds. The zero-order valence-electron chi connectivity index (χ0n) is 10.8. The SMILES string of the molecule is COc1ccc(CCNC(C#N)c2cnc[nH]2)cc1. The molecule has 0 saturated heterocycles. The van der Waals surface area contributed by atoms with Gasteiger partial charge in [0, 0.05) is 6.54 Å². The maximum Gasteiger partial charge on any atom is 0.137 e. The Bertz CT molecular complexity index is 528. The predicted octanol–water partition coefficient (Wildman–Crippen LogP) is 1.82. The second-order valence-electron chi connectivity index (χ2n) is 4.12. The first-order valence-electron chi connectivity index (χ1n) is 6.07. The van der Waals surface area contributed by atoms with Gasteiger partial charge in [0.2, 0.25) is 0 Å². The van der Waals surface area contributed by atoms with Crippen molar-refractivity contribution in [2.75, 3.05) is 13.7 Å². The first-order chi connectivity index (χ1) is 9.33. The van der Waals surface area contributed by atoms with Crippen LogP contribution in [0.25, 0.3) is 0 Å². The summed E-state index contributed by atoms with van der Waals surface area (Å²) in [5.74, 6) is 0.851. The maximum absolute atomic E-state index is 9.09. The molecule has 0 radical (unpaired) electrons. The Labute approximate surface area is 112 Å². The van der Waals surface area contributed by atoms with Crippen molar-refractivity contribution >= 4 is 0 Å². The first kappa shape index (κ1) is 13.1. The average Bonchev–Trinajstić information content (AvgIpc) is 2.98. The summed E-state index contributed by atoms with van der Waals surface area (Å²) in [4.78, 5) is 6.86. The number of aromatic nitrogens is 2. The molecule has 98 valence electrons. The van der Waals surface area contributed by atoms with Crippen LogP contribution in [-0.4, -0.2) is 23.6 Å². The highest BCUT2D eigenvalue weighted by atomic mass is 16.5. The molecule has 5 heteroatoms. The molecule has 0 saturated carbocycles. The quantitative estimate of drug-likeness (QED) is 0.826. The normalized spacial score (nSPS) is 11.8. The molecule has 1 atom stereocenters. The Morgan fingerprint density at radius 1 is 1.42 bits per heavy atom. The van der Waals surface area contributed by atoms with Crippen molar-refractivity contribution in [2.24, 2.45) is 0 Å². The fourth-order valence-corrected chi connectivity index (χ4v) is 1.80. The van der Waals surface area contributed by atoms with Gasteiger partial charge in [0.1, 0.15) is 11.8 Å². The van der Waals surface area contributed by atoms with Crippen LogP contribution in [0.2, 0.25) is 0 Å². The second-order valence-corrected chi connectivity index (χ2v) is 4.12. The van der Waals surface area contributed by atoms with Crippen LogP contribution in [0.15, 0.2) is 36.8 Å². The number of hydrogen-bond acceptors (Lipinski definition) is 4. The minimum atomic E-state index is -0.347. The van der Waals surface area contributed by atoms with Crippen LogP contribution in [0, 0.1) is 11.3 Å². The molecule has 2 aromatic rings. The van der Waals surface area contributed by atoms with E-state index >= 15 is 0 Å². The third-order valence-corrected chi connectivity index (χ3v) is 2.88. The van der Waals surface area contributed by atoms with Gasteiger partial charge in [0.05, 0.1) is 31.4 Å². The number of aromatic amines is 1. The molecule has 5 nitrogen and oxygen atoms in total. The number of rotatable bonds is 6. The average molecular weight is 256 g/mol. The number of nitrogens with one attached hydrogen (secondary N) is 2. The van der Waals surface area contributed by atoms with E-state index in [1.54, 1.807) is 19.6 Å². The topological polar surface area (TPSA) is 73.7 Å². The van der Waals surface area contributed by atoms with E-state index in [0.29, 0.717) is 0 Å². The molecule has 1 unspecified atom stereocenters. The lowest BCUT2D eigenvalue weighted by Gasteiger charge is -2.09. The van der Waals surface area contributed by atoms with E-state index in [-0.39, 0.29) is 6.04 Å². The van der Waals surface area contributed by atoms with Crippen molar-refractivity contribution in [2.45, 2.75) is 12.5 Å². The van der Waals surface area contributed by atoms with E-state index in [0.717, 1.165) is 24.4 Å². The van der Waals surface area contributed by atoms with Gasteiger partial charge in [-0.3, -0.25) is 5.32 Å². The van der Waals surface area contributed by atoms with Gasteiger partial charge in [-0.2, -0.15) is 5.26 Å². The molecule has 0 aliphatic carbocycles. The molecule has 0 fully saturated rings. The van der Waals surface area contributed by atoms with E-state index < -0.39 is 0 Å². The number of H-pyrrole nitrogens is 1. The van der Waals surface area contributed by atoms with E-state index in [9.17, 15) is 0 Å². The van der Waals surface area contributed by atoms with E-state index in [1.807, 2.05) is 24.3 Å². The van der Waals surface area contributed by atoms with Gasteiger partial charge in [0.25, 0.3) is 0 Å². The van der Waals surface area contributed by atoms with E-state index in [4.69, 9.17) is 10.00 Å². The summed E-state index contributed by atoms with van der Waals surface area (Å²) in [5, 5.41) is 12.3. The Morgan fingerprint density at radius 3 is 2.79 bits per heavy atom. The largest absolute Gasteiger partial charge is 0.497 e. The van der Waals surface area contributed by atoms with Crippen LogP contribution in [0.4, 0.5) is 0 Å². The van der Waals surface area contributed by atoms with Gasteiger partial charge in [-0.25, -0.2) is 4.98 Å². The zero-order chi connectivity index (χ0) is 13.5. The number of nitriles is 1. The molecule has 1 heterocycles. The number of methoxy groups -OCH3 is 1. The summed E-state index contributed by atoms with van der Waals surface area (Å²) in [6.07, 6.45) is 4.09. The number of hydrogen-bond donors (Lipinski definition) is 2. The fraction of sp³-hybridized carbons (Fsp3) is 0.286. The third-order valence-electron chi connectivity index (χ3n) is 2.88. The second kappa shape index (κ2) is 6.57. The molecule has 0 spiro atoms. The fourth-order valence-electron chi connectivity index (χ4n) is 1.80. The Kier molecular flexibility index (Phi) is 4.54. The summed E-state index contributed by atoms with van der Waals surface area (Å²) in [5.41, 5.74) is 1.99. The van der Waals surface area contributed by atoms with Gasteiger partial charge < -0.3 is 9.72 Å². The van der Waals surface area contributed by atoms with Gasteiger partial charge in [-0.15, -0.1) is 0 Å². The van der Waals surface area contributed by atoms with E-state index in [2.05, 4.69) is 21.4 Å². The molecule has 1 aromatic carbocycles. The van der Waals surface area contributed by atoms with E-state index in [1.165, 1.54) is 5.56 Å². The molecule has 1 aromatic heterocycles. The van der Waals surface area contributed by atoms with Crippen LogP contribution in [0.5, 0.6) is 5.75 Å². The predicted molar refractivity (Wildman–Crippen MR) is 71.6 cm³/mol. The van der Waals surface area contributed by atoms with Crippen LogP contribution in [0.1, 0.15) is 17.3 Å². The maximum atomic E-state index is 9.09. The minimum absolute atomic E-state index is 0.347. The molecule has 19 heavy (non-hydrogen) atoms. The third kappa shape index (κ3) is 3.57. The van der Waals surface area contributed by atoms with Crippen molar-refractivity contribution in [1.82, 2.24) is 15.3 Å². The van der Waals surface area contributed by atoms with Gasteiger partial charge >= 0.3 is 0 Å². The Hall–Kier alpha value is -2.32. The molecular weight excluding hydrogens is 240 g/mol. The number of imidazole rings is 1. The zero-order valence-corrected chi connectivity index (χ0v) is 10.8. The summed E-state index contributed by atoms with van der Waals surface area (Å²) < 4.78 is 5.11. The van der Waals surface area contributed by atoms with Crippen molar-refractivity contribution in [3.8, 4) is 11.8 Å². The molecule has 2 rings (SSSR count).